The molecule has 1 saturated heterocycles. The molecular formula is C13H14N4O2. The lowest BCUT2D eigenvalue weighted by Crippen LogP contribution is -2.39. The van der Waals surface area contributed by atoms with Gasteiger partial charge in [-0.05, 0) is 12.5 Å². The normalized spacial score (nSPS) is 19.7. The van der Waals surface area contributed by atoms with Gasteiger partial charge in [0.05, 0.1) is 22.8 Å². The number of rotatable bonds is 1. The summed E-state index contributed by atoms with van der Waals surface area (Å²) in [7, 11) is 1.80. The Kier molecular flexibility index (Phi) is 2.51. The molecule has 0 radical (unpaired) electrons. The Morgan fingerprint density at radius 2 is 2.21 bits per heavy atom. The zero-order valence-corrected chi connectivity index (χ0v) is 10.5. The zero-order valence-electron chi connectivity index (χ0n) is 10.5. The number of piperidine rings is 1. The summed E-state index contributed by atoms with van der Waals surface area (Å²) in [6.07, 6.45) is 0.836. The van der Waals surface area contributed by atoms with Crippen LogP contribution in [0.4, 0.5) is 5.69 Å². The maximum atomic E-state index is 11.9. The van der Waals surface area contributed by atoms with Gasteiger partial charge in [0.1, 0.15) is 0 Å². The number of amides is 2. The van der Waals surface area contributed by atoms with Gasteiger partial charge >= 0.3 is 0 Å². The summed E-state index contributed by atoms with van der Waals surface area (Å²) in [4.78, 5) is 23.1. The number of fused-ring (bicyclic) bond motifs is 1. The van der Waals surface area contributed by atoms with Gasteiger partial charge in [-0.3, -0.25) is 19.6 Å². The summed E-state index contributed by atoms with van der Waals surface area (Å²) in [5.41, 5.74) is 8.08. The molecule has 0 spiro atoms. The van der Waals surface area contributed by atoms with E-state index in [0.29, 0.717) is 24.2 Å². The lowest BCUT2D eigenvalue weighted by Gasteiger charge is -2.19. The lowest BCUT2D eigenvalue weighted by atomic mass is 9.93. The van der Waals surface area contributed by atoms with Crippen LogP contribution in [0.3, 0.4) is 0 Å². The predicted molar refractivity (Wildman–Crippen MR) is 70.3 cm³/mol. The summed E-state index contributed by atoms with van der Waals surface area (Å²) < 4.78 is 1.68. The maximum absolute atomic E-state index is 11.9. The second-order valence-corrected chi connectivity index (χ2v) is 4.76. The van der Waals surface area contributed by atoms with Crippen molar-refractivity contribution in [2.45, 2.75) is 18.8 Å². The first-order chi connectivity index (χ1) is 9.08. The Morgan fingerprint density at radius 3 is 2.95 bits per heavy atom. The van der Waals surface area contributed by atoms with Crippen molar-refractivity contribution in [3.05, 3.63) is 23.9 Å². The van der Waals surface area contributed by atoms with Crippen molar-refractivity contribution in [1.29, 1.82) is 0 Å². The molecule has 1 aromatic carbocycles. The van der Waals surface area contributed by atoms with Crippen LogP contribution >= 0.6 is 0 Å². The van der Waals surface area contributed by atoms with Gasteiger partial charge in [-0.1, -0.05) is 12.1 Å². The van der Waals surface area contributed by atoms with E-state index < -0.39 is 0 Å². The fourth-order valence-electron chi connectivity index (χ4n) is 2.61. The molecule has 2 aromatic rings. The molecule has 6 nitrogen and oxygen atoms in total. The fraction of sp³-hybridized carbons (Fsp3) is 0.308. The van der Waals surface area contributed by atoms with Crippen LogP contribution in [0.15, 0.2) is 18.2 Å². The Balaban J connectivity index is 2.13. The number of anilines is 1. The van der Waals surface area contributed by atoms with Crippen LogP contribution in [0.1, 0.15) is 24.5 Å². The van der Waals surface area contributed by atoms with Crippen LogP contribution in [-0.4, -0.2) is 21.6 Å². The van der Waals surface area contributed by atoms with Gasteiger partial charge in [-0.15, -0.1) is 0 Å². The van der Waals surface area contributed by atoms with E-state index in [1.165, 1.54) is 0 Å². The molecule has 1 unspecified atom stereocenters. The van der Waals surface area contributed by atoms with Crippen molar-refractivity contribution in [2.24, 2.45) is 7.05 Å². The van der Waals surface area contributed by atoms with Crippen molar-refractivity contribution < 1.29 is 9.59 Å². The third-order valence-electron chi connectivity index (χ3n) is 3.49. The standard InChI is InChI=1S/C13H14N4O2/c1-17-12-7(3-2-4-9(12)14)11(16-17)8-5-6-10(18)15-13(8)19/h2-4,8H,5-6,14H2,1H3,(H,15,18,19). The fourth-order valence-corrected chi connectivity index (χ4v) is 2.61. The Morgan fingerprint density at radius 1 is 1.42 bits per heavy atom. The number of nitrogen functional groups attached to an aromatic ring is 1. The number of nitrogens with one attached hydrogen (secondary N) is 1. The third kappa shape index (κ3) is 1.76. The number of aryl methyl sites for hydroxylation is 1. The number of hydrogen-bond acceptors (Lipinski definition) is 4. The van der Waals surface area contributed by atoms with E-state index in [-0.39, 0.29) is 17.7 Å². The van der Waals surface area contributed by atoms with E-state index in [1.54, 1.807) is 17.8 Å². The first-order valence-corrected chi connectivity index (χ1v) is 6.12. The Bertz CT molecular complexity index is 689. The first-order valence-electron chi connectivity index (χ1n) is 6.12. The minimum absolute atomic E-state index is 0.221. The Labute approximate surface area is 109 Å². The summed E-state index contributed by atoms with van der Waals surface area (Å²) in [6, 6.07) is 5.55. The van der Waals surface area contributed by atoms with E-state index in [9.17, 15) is 9.59 Å². The van der Waals surface area contributed by atoms with E-state index in [1.807, 2.05) is 12.1 Å². The van der Waals surface area contributed by atoms with Crippen LogP contribution in [0.5, 0.6) is 0 Å². The second-order valence-electron chi connectivity index (χ2n) is 4.76. The molecular weight excluding hydrogens is 244 g/mol. The van der Waals surface area contributed by atoms with Crippen LogP contribution < -0.4 is 11.1 Å². The van der Waals surface area contributed by atoms with Gasteiger partial charge in [0.2, 0.25) is 11.8 Å². The minimum Gasteiger partial charge on any atom is -0.397 e. The van der Waals surface area contributed by atoms with Gasteiger partial charge in [0, 0.05) is 18.9 Å². The molecule has 19 heavy (non-hydrogen) atoms. The average Bonchev–Trinajstić information content (AvgIpc) is 2.68. The number of para-hydroxylation sites is 1. The summed E-state index contributed by atoms with van der Waals surface area (Å²) in [5.74, 6) is -0.886. The van der Waals surface area contributed by atoms with E-state index in [0.717, 1.165) is 10.9 Å². The SMILES string of the molecule is Cn1nc(C2CCC(=O)NC2=O)c2cccc(N)c21. The number of nitrogens with zero attached hydrogens (tertiary/aromatic N) is 2. The predicted octanol–water partition coefficient (Wildman–Crippen LogP) is 0.676. The van der Waals surface area contributed by atoms with Crippen LogP contribution in [0.2, 0.25) is 0 Å². The molecule has 0 bridgehead atoms. The number of benzene rings is 1. The number of aromatic nitrogens is 2. The first kappa shape index (κ1) is 11.7. The summed E-state index contributed by atoms with van der Waals surface area (Å²) >= 11 is 0. The van der Waals surface area contributed by atoms with Gasteiger partial charge in [0.15, 0.2) is 0 Å². The monoisotopic (exact) mass is 258 g/mol. The third-order valence-corrected chi connectivity index (χ3v) is 3.49. The molecule has 1 fully saturated rings. The van der Waals surface area contributed by atoms with E-state index >= 15 is 0 Å². The molecule has 6 heteroatoms. The second kappa shape index (κ2) is 4.08. The zero-order chi connectivity index (χ0) is 13.6. The van der Waals surface area contributed by atoms with Gasteiger partial charge in [-0.2, -0.15) is 5.10 Å². The highest BCUT2D eigenvalue weighted by Crippen LogP contribution is 2.32. The molecule has 3 rings (SSSR count). The van der Waals surface area contributed by atoms with Crippen molar-refractivity contribution in [1.82, 2.24) is 15.1 Å². The Hall–Kier alpha value is -2.37. The number of imide groups is 1. The molecule has 1 aliphatic rings. The number of nitrogens with two attached hydrogens (primary N) is 1. The molecule has 0 saturated carbocycles. The van der Waals surface area contributed by atoms with E-state index in [4.69, 9.17) is 5.73 Å². The van der Waals surface area contributed by atoms with Crippen molar-refractivity contribution >= 4 is 28.4 Å². The molecule has 98 valence electrons. The number of hydrogen-bond donors (Lipinski definition) is 2. The quantitative estimate of drug-likeness (QED) is 0.581. The summed E-state index contributed by atoms with van der Waals surface area (Å²) in [6.45, 7) is 0. The minimum atomic E-state index is -0.386. The largest absolute Gasteiger partial charge is 0.397 e. The van der Waals surface area contributed by atoms with Crippen LogP contribution in [-0.2, 0) is 16.6 Å². The molecule has 3 N–H and O–H groups in total. The molecule has 0 aliphatic carbocycles. The highest BCUT2D eigenvalue weighted by molar-refractivity contribution is 6.03. The topological polar surface area (TPSA) is 90.0 Å². The molecule has 1 atom stereocenters. The van der Waals surface area contributed by atoms with Crippen molar-refractivity contribution in [3.8, 4) is 0 Å². The molecule has 1 aromatic heterocycles. The van der Waals surface area contributed by atoms with Gasteiger partial charge < -0.3 is 5.73 Å². The van der Waals surface area contributed by atoms with Crippen molar-refractivity contribution in [3.63, 3.8) is 0 Å². The smallest absolute Gasteiger partial charge is 0.235 e. The van der Waals surface area contributed by atoms with Crippen LogP contribution in [0.25, 0.3) is 10.9 Å². The number of carbonyl (C=O) groups excluding carboxylic acids is 2. The highest BCUT2D eigenvalue weighted by Gasteiger charge is 2.31. The van der Waals surface area contributed by atoms with Crippen LogP contribution in [0, 0.1) is 0 Å². The van der Waals surface area contributed by atoms with Gasteiger partial charge in [0.25, 0.3) is 0 Å². The van der Waals surface area contributed by atoms with Gasteiger partial charge in [-0.25, -0.2) is 0 Å². The maximum Gasteiger partial charge on any atom is 0.235 e. The van der Waals surface area contributed by atoms with Crippen molar-refractivity contribution in [2.75, 3.05) is 5.73 Å². The lowest BCUT2D eigenvalue weighted by molar-refractivity contribution is -0.134. The summed E-state index contributed by atoms with van der Waals surface area (Å²) in [5, 5.41) is 7.64. The molecule has 1 aliphatic heterocycles. The molecule has 2 amide bonds. The number of carbonyl (C=O) groups is 2. The molecule has 2 heterocycles. The highest BCUT2D eigenvalue weighted by atomic mass is 16.2. The van der Waals surface area contributed by atoms with E-state index in [2.05, 4.69) is 10.4 Å². The average molecular weight is 258 g/mol.